The lowest BCUT2D eigenvalue weighted by atomic mass is 10.1. The van der Waals surface area contributed by atoms with Gasteiger partial charge in [0.2, 0.25) is 5.91 Å². The van der Waals surface area contributed by atoms with Crippen LogP contribution in [0.15, 0.2) is 12.2 Å². The number of carbonyl (C=O) groups excluding carboxylic acids is 2. The molecule has 0 saturated carbocycles. The van der Waals surface area contributed by atoms with Crippen molar-refractivity contribution in [2.24, 2.45) is 0 Å². The van der Waals surface area contributed by atoms with Gasteiger partial charge >= 0.3 is 5.97 Å². The molecule has 0 aromatic rings. The van der Waals surface area contributed by atoms with Crippen LogP contribution in [-0.2, 0) is 14.3 Å². The van der Waals surface area contributed by atoms with Gasteiger partial charge in [-0.05, 0) is 27.7 Å². The summed E-state index contributed by atoms with van der Waals surface area (Å²) in [5, 5.41) is 2.68. The van der Waals surface area contributed by atoms with E-state index in [1.165, 1.54) is 6.08 Å². The number of rotatable bonds is 3. The molecule has 0 aliphatic heterocycles. The predicted octanol–water partition coefficient (Wildman–Crippen LogP) is 1.02. The number of hydrogen-bond donors (Lipinski definition) is 1. The van der Waals surface area contributed by atoms with E-state index in [0.29, 0.717) is 6.61 Å². The number of carbonyl (C=O) groups is 2. The molecule has 0 unspecified atom stereocenters. The first-order valence-corrected chi connectivity index (χ1v) is 4.52. The minimum absolute atomic E-state index is 0.296. The van der Waals surface area contributed by atoms with E-state index < -0.39 is 5.97 Å². The molecule has 0 rings (SSSR count). The molecular weight excluding hydrogens is 182 g/mol. The zero-order chi connectivity index (χ0) is 11.2. The molecule has 0 aromatic carbocycles. The van der Waals surface area contributed by atoms with Crippen LogP contribution < -0.4 is 5.32 Å². The molecule has 0 atom stereocenters. The van der Waals surface area contributed by atoms with Crippen molar-refractivity contribution in [3.05, 3.63) is 12.2 Å². The second-order valence-corrected chi connectivity index (χ2v) is 3.82. The van der Waals surface area contributed by atoms with Crippen molar-refractivity contribution >= 4 is 11.9 Å². The van der Waals surface area contributed by atoms with Crippen molar-refractivity contribution in [1.29, 1.82) is 0 Å². The van der Waals surface area contributed by atoms with Gasteiger partial charge in [-0.15, -0.1) is 0 Å². The van der Waals surface area contributed by atoms with Crippen LogP contribution in [0.5, 0.6) is 0 Å². The predicted molar refractivity (Wildman–Crippen MR) is 53.7 cm³/mol. The molecule has 0 fully saturated rings. The third kappa shape index (κ3) is 7.34. The second kappa shape index (κ2) is 5.42. The van der Waals surface area contributed by atoms with E-state index >= 15 is 0 Å². The molecule has 4 nitrogen and oxygen atoms in total. The summed E-state index contributed by atoms with van der Waals surface area (Å²) in [6.45, 7) is 7.61. The van der Waals surface area contributed by atoms with Crippen LogP contribution in [0.3, 0.4) is 0 Å². The van der Waals surface area contributed by atoms with Crippen LogP contribution in [0.4, 0.5) is 0 Å². The average Bonchev–Trinajstić information content (AvgIpc) is 1.98. The zero-order valence-electron chi connectivity index (χ0n) is 9.09. The summed E-state index contributed by atoms with van der Waals surface area (Å²) in [5.41, 5.74) is -0.296. The molecule has 0 heterocycles. The average molecular weight is 199 g/mol. The minimum atomic E-state index is -0.503. The van der Waals surface area contributed by atoms with Gasteiger partial charge in [0, 0.05) is 17.7 Å². The number of nitrogens with one attached hydrogen (secondary N) is 1. The molecule has 14 heavy (non-hydrogen) atoms. The molecule has 0 aromatic heterocycles. The molecule has 1 amide bonds. The Balaban J connectivity index is 4.00. The minimum Gasteiger partial charge on any atom is -0.463 e. The molecule has 0 spiro atoms. The van der Waals surface area contributed by atoms with E-state index in [1.54, 1.807) is 6.92 Å². The summed E-state index contributed by atoms with van der Waals surface area (Å²) in [6.07, 6.45) is 2.29. The topological polar surface area (TPSA) is 55.4 Å². The summed E-state index contributed by atoms with van der Waals surface area (Å²) < 4.78 is 4.62. The molecule has 0 aliphatic carbocycles. The van der Waals surface area contributed by atoms with E-state index in [4.69, 9.17) is 0 Å². The van der Waals surface area contributed by atoms with Crippen molar-refractivity contribution < 1.29 is 14.3 Å². The molecular formula is C10H17NO3. The van der Waals surface area contributed by atoms with Crippen LogP contribution in [0.1, 0.15) is 27.7 Å². The Kier molecular flexibility index (Phi) is 4.91. The smallest absolute Gasteiger partial charge is 0.330 e. The maximum atomic E-state index is 11.2. The van der Waals surface area contributed by atoms with Gasteiger partial charge in [0.15, 0.2) is 0 Å². The Morgan fingerprint density at radius 2 is 1.86 bits per heavy atom. The number of ether oxygens (including phenoxy) is 1. The summed E-state index contributed by atoms with van der Waals surface area (Å²) in [7, 11) is 0. The van der Waals surface area contributed by atoms with Gasteiger partial charge in [-0.2, -0.15) is 0 Å². The first-order chi connectivity index (χ1) is 6.35. The summed E-state index contributed by atoms with van der Waals surface area (Å²) in [4.78, 5) is 22.0. The first kappa shape index (κ1) is 12.7. The molecule has 0 radical (unpaired) electrons. The highest BCUT2D eigenvalue weighted by atomic mass is 16.5. The normalized spacial score (nSPS) is 11.4. The molecule has 0 aliphatic rings. The van der Waals surface area contributed by atoms with Gasteiger partial charge < -0.3 is 10.1 Å². The van der Waals surface area contributed by atoms with Gasteiger partial charge in [-0.1, -0.05) is 0 Å². The van der Waals surface area contributed by atoms with Crippen molar-refractivity contribution in [2.75, 3.05) is 6.61 Å². The van der Waals surface area contributed by atoms with E-state index in [0.717, 1.165) is 6.08 Å². The quantitative estimate of drug-likeness (QED) is 0.545. The Bertz CT molecular complexity index is 238. The van der Waals surface area contributed by atoms with Crippen molar-refractivity contribution in [3.8, 4) is 0 Å². The summed E-state index contributed by atoms with van der Waals surface area (Å²) in [6, 6.07) is 0. The monoisotopic (exact) mass is 199 g/mol. The molecule has 0 saturated heterocycles. The van der Waals surface area contributed by atoms with E-state index in [2.05, 4.69) is 10.1 Å². The van der Waals surface area contributed by atoms with Gasteiger partial charge in [0.1, 0.15) is 0 Å². The fourth-order valence-corrected chi connectivity index (χ4v) is 0.745. The third-order valence-electron chi connectivity index (χ3n) is 1.16. The Labute approximate surface area is 84.3 Å². The highest BCUT2D eigenvalue weighted by molar-refractivity contribution is 5.94. The lowest BCUT2D eigenvalue weighted by molar-refractivity contribution is -0.137. The molecule has 0 bridgehead atoms. The number of hydrogen-bond acceptors (Lipinski definition) is 3. The van der Waals surface area contributed by atoms with Crippen molar-refractivity contribution in [3.63, 3.8) is 0 Å². The third-order valence-corrected chi connectivity index (χ3v) is 1.16. The highest BCUT2D eigenvalue weighted by Crippen LogP contribution is 1.97. The van der Waals surface area contributed by atoms with E-state index in [9.17, 15) is 9.59 Å². The van der Waals surface area contributed by atoms with Gasteiger partial charge in [0.25, 0.3) is 0 Å². The SMILES string of the molecule is CCOC(=O)/C=C\C(=O)NC(C)(C)C. The van der Waals surface area contributed by atoms with Crippen LogP contribution in [0.25, 0.3) is 0 Å². The van der Waals surface area contributed by atoms with Gasteiger partial charge in [0.05, 0.1) is 6.61 Å². The fraction of sp³-hybridized carbons (Fsp3) is 0.600. The molecule has 4 heteroatoms. The van der Waals surface area contributed by atoms with Crippen LogP contribution >= 0.6 is 0 Å². The van der Waals surface area contributed by atoms with Crippen molar-refractivity contribution in [1.82, 2.24) is 5.32 Å². The van der Waals surface area contributed by atoms with Crippen LogP contribution in [0.2, 0.25) is 0 Å². The lowest BCUT2D eigenvalue weighted by Crippen LogP contribution is -2.39. The standard InChI is InChI=1S/C10H17NO3/c1-5-14-9(13)7-6-8(12)11-10(2,3)4/h6-7H,5H2,1-4H3,(H,11,12)/b7-6-. The Hall–Kier alpha value is -1.32. The lowest BCUT2D eigenvalue weighted by Gasteiger charge is -2.18. The largest absolute Gasteiger partial charge is 0.463 e. The summed E-state index contributed by atoms with van der Waals surface area (Å²) in [5.74, 6) is -0.804. The first-order valence-electron chi connectivity index (χ1n) is 4.52. The van der Waals surface area contributed by atoms with Crippen LogP contribution in [0, 0.1) is 0 Å². The molecule has 1 N–H and O–H groups in total. The van der Waals surface area contributed by atoms with Crippen LogP contribution in [-0.4, -0.2) is 24.0 Å². The maximum absolute atomic E-state index is 11.2. The maximum Gasteiger partial charge on any atom is 0.330 e. The fourth-order valence-electron chi connectivity index (χ4n) is 0.745. The Morgan fingerprint density at radius 1 is 1.29 bits per heavy atom. The van der Waals surface area contributed by atoms with E-state index in [1.807, 2.05) is 20.8 Å². The van der Waals surface area contributed by atoms with Gasteiger partial charge in [-0.25, -0.2) is 4.79 Å². The number of amides is 1. The highest BCUT2D eigenvalue weighted by Gasteiger charge is 2.11. The Morgan fingerprint density at radius 3 is 2.29 bits per heavy atom. The van der Waals surface area contributed by atoms with Gasteiger partial charge in [-0.3, -0.25) is 4.79 Å². The van der Waals surface area contributed by atoms with E-state index in [-0.39, 0.29) is 11.4 Å². The zero-order valence-corrected chi connectivity index (χ0v) is 9.09. The number of esters is 1. The molecule has 80 valence electrons. The second-order valence-electron chi connectivity index (χ2n) is 3.82. The summed E-state index contributed by atoms with van der Waals surface area (Å²) >= 11 is 0. The van der Waals surface area contributed by atoms with Crippen molar-refractivity contribution in [2.45, 2.75) is 33.2 Å².